The highest BCUT2D eigenvalue weighted by Gasteiger charge is 2.41. The summed E-state index contributed by atoms with van der Waals surface area (Å²) in [5, 5.41) is 0. The molecule has 2 nitrogen and oxygen atoms in total. The summed E-state index contributed by atoms with van der Waals surface area (Å²) in [6.45, 7) is 14.9. The lowest BCUT2D eigenvalue weighted by Crippen LogP contribution is -2.58. The molecule has 0 radical (unpaired) electrons. The third-order valence-electron chi connectivity index (χ3n) is 4.02. The van der Waals surface area contributed by atoms with Gasteiger partial charge in [-0.05, 0) is 39.0 Å². The van der Waals surface area contributed by atoms with Crippen molar-refractivity contribution in [3.63, 3.8) is 0 Å². The summed E-state index contributed by atoms with van der Waals surface area (Å²) in [6, 6.07) is 1.27. The van der Waals surface area contributed by atoms with E-state index in [1.807, 2.05) is 7.11 Å². The summed E-state index contributed by atoms with van der Waals surface area (Å²) in [7, 11) is 1.84. The quantitative estimate of drug-likeness (QED) is 0.717. The van der Waals surface area contributed by atoms with Gasteiger partial charge in [0.1, 0.15) is 0 Å². The number of likely N-dealkylation sites (tertiary alicyclic amines) is 1. The molecular weight excluding hydrogens is 198 g/mol. The van der Waals surface area contributed by atoms with Crippen LogP contribution in [0.1, 0.15) is 54.4 Å². The molecule has 2 atom stereocenters. The van der Waals surface area contributed by atoms with Crippen molar-refractivity contribution < 1.29 is 4.74 Å². The lowest BCUT2D eigenvalue weighted by molar-refractivity contribution is -0.0960. The predicted octanol–water partition coefficient (Wildman–Crippen LogP) is 3.31. The summed E-state index contributed by atoms with van der Waals surface area (Å²) in [4.78, 5) is 2.62. The van der Waals surface area contributed by atoms with Crippen molar-refractivity contribution >= 4 is 0 Å². The molecular formula is C14H29NO. The summed E-state index contributed by atoms with van der Waals surface area (Å²) < 4.78 is 5.68. The Balaban J connectivity index is 2.84. The SMILES string of the molecule is COC1(C)CCC(C(C)(C)C)N(C(C)C)C1. The molecule has 1 heterocycles. The average molecular weight is 227 g/mol. The lowest BCUT2D eigenvalue weighted by atomic mass is 9.76. The minimum Gasteiger partial charge on any atom is -0.377 e. The molecule has 0 aliphatic carbocycles. The molecule has 1 fully saturated rings. The van der Waals surface area contributed by atoms with Crippen LogP contribution in [0.15, 0.2) is 0 Å². The second-order valence-corrected chi connectivity index (χ2v) is 6.84. The molecule has 0 N–H and O–H groups in total. The van der Waals surface area contributed by atoms with Crippen LogP contribution in [0.3, 0.4) is 0 Å². The fourth-order valence-corrected chi connectivity index (χ4v) is 2.82. The normalized spacial score (nSPS) is 33.4. The predicted molar refractivity (Wildman–Crippen MR) is 69.7 cm³/mol. The minimum absolute atomic E-state index is 0.0476. The van der Waals surface area contributed by atoms with E-state index in [4.69, 9.17) is 4.74 Å². The Hall–Kier alpha value is -0.0800. The smallest absolute Gasteiger partial charge is 0.0777 e. The van der Waals surface area contributed by atoms with Gasteiger partial charge in [0.2, 0.25) is 0 Å². The van der Waals surface area contributed by atoms with Crippen molar-refractivity contribution in [2.24, 2.45) is 5.41 Å². The largest absolute Gasteiger partial charge is 0.377 e. The highest BCUT2D eigenvalue weighted by atomic mass is 16.5. The molecule has 16 heavy (non-hydrogen) atoms. The van der Waals surface area contributed by atoms with Crippen molar-refractivity contribution in [2.45, 2.75) is 72.1 Å². The first-order chi connectivity index (χ1) is 7.19. The third-order valence-corrected chi connectivity index (χ3v) is 4.02. The van der Waals surface area contributed by atoms with Crippen molar-refractivity contribution in [2.75, 3.05) is 13.7 Å². The number of methoxy groups -OCH3 is 1. The van der Waals surface area contributed by atoms with Crippen molar-refractivity contribution in [3.05, 3.63) is 0 Å². The zero-order valence-corrected chi connectivity index (χ0v) is 12.1. The summed E-state index contributed by atoms with van der Waals surface area (Å²) >= 11 is 0. The first-order valence-electron chi connectivity index (χ1n) is 6.50. The fraction of sp³-hybridized carbons (Fsp3) is 1.00. The van der Waals surface area contributed by atoms with E-state index in [0.717, 1.165) is 6.54 Å². The number of hydrogen-bond acceptors (Lipinski definition) is 2. The van der Waals surface area contributed by atoms with Crippen LogP contribution in [-0.4, -0.2) is 36.2 Å². The number of nitrogens with zero attached hydrogens (tertiary/aromatic N) is 1. The van der Waals surface area contributed by atoms with Gasteiger partial charge in [0.25, 0.3) is 0 Å². The Bertz CT molecular complexity index is 231. The zero-order valence-electron chi connectivity index (χ0n) is 12.1. The number of ether oxygens (including phenoxy) is 1. The third kappa shape index (κ3) is 2.98. The van der Waals surface area contributed by atoms with Crippen LogP contribution in [0.2, 0.25) is 0 Å². The summed E-state index contributed by atoms with van der Waals surface area (Å²) in [5.74, 6) is 0. The second kappa shape index (κ2) is 4.66. The lowest BCUT2D eigenvalue weighted by Gasteiger charge is -2.51. The van der Waals surface area contributed by atoms with Gasteiger partial charge in [-0.25, -0.2) is 0 Å². The van der Waals surface area contributed by atoms with Crippen LogP contribution in [0.4, 0.5) is 0 Å². The van der Waals surface area contributed by atoms with Gasteiger partial charge in [-0.1, -0.05) is 20.8 Å². The van der Waals surface area contributed by atoms with E-state index in [1.165, 1.54) is 12.8 Å². The fourth-order valence-electron chi connectivity index (χ4n) is 2.82. The van der Waals surface area contributed by atoms with Gasteiger partial charge in [-0.3, -0.25) is 4.90 Å². The van der Waals surface area contributed by atoms with E-state index in [-0.39, 0.29) is 5.60 Å². The highest BCUT2D eigenvalue weighted by Crippen LogP contribution is 2.37. The van der Waals surface area contributed by atoms with Crippen molar-refractivity contribution in [1.29, 1.82) is 0 Å². The summed E-state index contributed by atoms with van der Waals surface area (Å²) in [6.07, 6.45) is 2.42. The molecule has 0 saturated carbocycles. The Morgan fingerprint density at radius 3 is 2.25 bits per heavy atom. The van der Waals surface area contributed by atoms with Gasteiger partial charge < -0.3 is 4.74 Å². The molecule has 96 valence electrons. The van der Waals surface area contributed by atoms with Gasteiger partial charge >= 0.3 is 0 Å². The molecule has 1 aliphatic heterocycles. The molecule has 0 aromatic carbocycles. The molecule has 2 unspecified atom stereocenters. The molecule has 0 spiro atoms. The van der Waals surface area contributed by atoms with Crippen LogP contribution in [-0.2, 0) is 4.74 Å². The van der Waals surface area contributed by atoms with Gasteiger partial charge in [-0.15, -0.1) is 0 Å². The number of piperidine rings is 1. The molecule has 1 saturated heterocycles. The van der Waals surface area contributed by atoms with Crippen molar-refractivity contribution in [3.8, 4) is 0 Å². The van der Waals surface area contributed by atoms with Crippen LogP contribution in [0.25, 0.3) is 0 Å². The standard InChI is InChI=1S/C14H29NO/c1-11(2)15-10-14(6,16-7)9-8-12(15)13(3,4)5/h11-12H,8-10H2,1-7H3. The van der Waals surface area contributed by atoms with Gasteiger partial charge in [0, 0.05) is 25.7 Å². The van der Waals surface area contributed by atoms with Crippen molar-refractivity contribution in [1.82, 2.24) is 4.90 Å². The van der Waals surface area contributed by atoms with Gasteiger partial charge in [0.15, 0.2) is 0 Å². The maximum absolute atomic E-state index is 5.68. The van der Waals surface area contributed by atoms with Crippen LogP contribution < -0.4 is 0 Å². The maximum Gasteiger partial charge on any atom is 0.0777 e. The molecule has 0 aromatic heterocycles. The summed E-state index contributed by atoms with van der Waals surface area (Å²) in [5.41, 5.74) is 0.408. The van der Waals surface area contributed by atoms with Crippen LogP contribution in [0.5, 0.6) is 0 Å². The van der Waals surface area contributed by atoms with Crippen LogP contribution >= 0.6 is 0 Å². The van der Waals surface area contributed by atoms with Gasteiger partial charge in [0.05, 0.1) is 5.60 Å². The van der Waals surface area contributed by atoms with E-state index in [1.54, 1.807) is 0 Å². The maximum atomic E-state index is 5.68. The van der Waals surface area contributed by atoms with E-state index < -0.39 is 0 Å². The highest BCUT2D eigenvalue weighted by molar-refractivity contribution is 4.95. The Morgan fingerprint density at radius 1 is 1.31 bits per heavy atom. The topological polar surface area (TPSA) is 12.5 Å². The van der Waals surface area contributed by atoms with Crippen LogP contribution in [0, 0.1) is 5.41 Å². The first-order valence-corrected chi connectivity index (χ1v) is 6.50. The van der Waals surface area contributed by atoms with E-state index in [0.29, 0.717) is 17.5 Å². The van der Waals surface area contributed by atoms with E-state index in [2.05, 4.69) is 46.4 Å². The average Bonchev–Trinajstić information content (AvgIpc) is 2.15. The molecule has 1 aliphatic rings. The Labute approximate surface area is 101 Å². The number of rotatable bonds is 2. The molecule has 1 rings (SSSR count). The molecule has 0 bridgehead atoms. The first kappa shape index (κ1) is 14.0. The monoisotopic (exact) mass is 227 g/mol. The Kier molecular flexibility index (Phi) is 4.07. The zero-order chi connectivity index (χ0) is 12.6. The number of hydrogen-bond donors (Lipinski definition) is 0. The second-order valence-electron chi connectivity index (χ2n) is 6.84. The molecule has 0 aromatic rings. The van der Waals surface area contributed by atoms with E-state index >= 15 is 0 Å². The molecule has 2 heteroatoms. The van der Waals surface area contributed by atoms with E-state index in [9.17, 15) is 0 Å². The molecule has 0 amide bonds. The minimum atomic E-state index is 0.0476. The van der Waals surface area contributed by atoms with Gasteiger partial charge in [-0.2, -0.15) is 0 Å². The Morgan fingerprint density at radius 2 is 1.88 bits per heavy atom.